The van der Waals surface area contributed by atoms with Crippen LogP contribution >= 0.6 is 0 Å². The van der Waals surface area contributed by atoms with Crippen LogP contribution in [0.25, 0.3) is 12.2 Å². The zero-order valence-electron chi connectivity index (χ0n) is 25.4. The molecule has 0 saturated carbocycles. The van der Waals surface area contributed by atoms with Crippen molar-refractivity contribution < 1.29 is 9.53 Å². The van der Waals surface area contributed by atoms with Crippen LogP contribution in [-0.4, -0.2) is 48.7 Å². The molecule has 1 aromatic carbocycles. The van der Waals surface area contributed by atoms with E-state index in [1.165, 1.54) is 22.8 Å². The molecule has 6 heteroatoms. The van der Waals surface area contributed by atoms with E-state index in [1.54, 1.807) is 13.1 Å². The van der Waals surface area contributed by atoms with Crippen molar-refractivity contribution in [3.8, 4) is 6.01 Å². The van der Waals surface area contributed by atoms with E-state index in [0.29, 0.717) is 31.5 Å². The number of fused-ring (bicyclic) bond motifs is 1. The van der Waals surface area contributed by atoms with Crippen molar-refractivity contribution in [3.05, 3.63) is 83.6 Å². The molecular formula is C35H46N4O2. The van der Waals surface area contributed by atoms with Gasteiger partial charge in [-0.3, -0.25) is 9.79 Å². The maximum atomic E-state index is 12.3. The highest BCUT2D eigenvalue weighted by Crippen LogP contribution is 2.34. The van der Waals surface area contributed by atoms with Gasteiger partial charge in [0.15, 0.2) is 5.78 Å². The second-order valence-corrected chi connectivity index (χ2v) is 10.6. The summed E-state index contributed by atoms with van der Waals surface area (Å²) in [5.41, 5.74) is 6.81. The minimum Gasteiger partial charge on any atom is -0.463 e. The van der Waals surface area contributed by atoms with Gasteiger partial charge in [-0.15, -0.1) is 6.58 Å². The normalized spacial score (nSPS) is 15.5. The summed E-state index contributed by atoms with van der Waals surface area (Å²) in [7, 11) is 1.80. The van der Waals surface area contributed by atoms with E-state index >= 15 is 0 Å². The summed E-state index contributed by atoms with van der Waals surface area (Å²) in [6, 6.07) is 4.67. The molecule has 1 aliphatic rings. The average molecular weight is 555 g/mol. The third kappa shape index (κ3) is 8.12. The van der Waals surface area contributed by atoms with E-state index < -0.39 is 0 Å². The zero-order valence-corrected chi connectivity index (χ0v) is 25.4. The molecule has 2 atom stereocenters. The second-order valence-electron chi connectivity index (χ2n) is 10.6. The number of benzene rings is 1. The highest BCUT2D eigenvalue weighted by atomic mass is 16.5. The van der Waals surface area contributed by atoms with Crippen LogP contribution in [-0.2, 0) is 17.6 Å². The van der Waals surface area contributed by atoms with Crippen molar-refractivity contribution in [2.45, 2.75) is 59.3 Å². The van der Waals surface area contributed by atoms with Gasteiger partial charge in [0.2, 0.25) is 0 Å². The summed E-state index contributed by atoms with van der Waals surface area (Å²) in [5.74, 6) is 1.04. The molecular weight excluding hydrogens is 508 g/mol. The van der Waals surface area contributed by atoms with Crippen molar-refractivity contribution in [3.63, 3.8) is 0 Å². The largest absolute Gasteiger partial charge is 0.463 e. The number of aromatic nitrogens is 2. The Bertz CT molecular complexity index is 1290. The monoisotopic (exact) mass is 554 g/mol. The SMILES string of the molecule is C=CC(=O)C(C=C)CCN(CCC)c1nc(OCCC)nc2c1CCC(/C=C/c1c(C)ccc(C=C)c1C=NC)C2. The number of hydrogen-bond donors (Lipinski definition) is 0. The quantitative estimate of drug-likeness (QED) is 0.124. The fourth-order valence-corrected chi connectivity index (χ4v) is 5.37. The lowest BCUT2D eigenvalue weighted by atomic mass is 9.85. The van der Waals surface area contributed by atoms with E-state index in [-0.39, 0.29) is 11.7 Å². The number of ketones is 1. The number of carbonyl (C=O) groups excluding carboxylic acids is 1. The predicted molar refractivity (Wildman–Crippen MR) is 173 cm³/mol. The first kappa shape index (κ1) is 31.7. The van der Waals surface area contributed by atoms with Gasteiger partial charge < -0.3 is 9.64 Å². The molecule has 2 unspecified atom stereocenters. The summed E-state index contributed by atoms with van der Waals surface area (Å²) in [5, 5.41) is 0. The molecule has 1 aliphatic carbocycles. The van der Waals surface area contributed by atoms with E-state index in [9.17, 15) is 4.79 Å². The zero-order chi connectivity index (χ0) is 29.8. The van der Waals surface area contributed by atoms with Gasteiger partial charge in [0.05, 0.1) is 12.3 Å². The number of carbonyl (C=O) groups is 1. The standard InChI is InChI=1S/C35H46N4O2/c1-8-20-39(21-19-28(11-4)33(40)12-5)34-30-18-15-26(23-32(30)37-35(38-34)41-22-9-2)14-17-29-25(6)13-16-27(10-3)31(29)24-36-7/h10-14,16-17,24,26,28H,3-5,8-9,15,18-23H2,1-2,6-7H3/b17-14+,36-24?. The van der Waals surface area contributed by atoms with Crippen LogP contribution in [0.5, 0.6) is 6.01 Å². The molecule has 0 aliphatic heterocycles. The molecule has 3 rings (SSSR count). The number of ether oxygens (including phenoxy) is 1. The van der Waals surface area contributed by atoms with Crippen LogP contribution in [0.2, 0.25) is 0 Å². The lowest BCUT2D eigenvalue weighted by Crippen LogP contribution is -2.31. The van der Waals surface area contributed by atoms with Crippen LogP contribution in [0.1, 0.15) is 73.0 Å². The van der Waals surface area contributed by atoms with Crippen LogP contribution in [0.4, 0.5) is 5.82 Å². The first-order valence-corrected chi connectivity index (χ1v) is 14.8. The third-order valence-corrected chi connectivity index (χ3v) is 7.61. The van der Waals surface area contributed by atoms with Gasteiger partial charge in [-0.1, -0.05) is 63.4 Å². The van der Waals surface area contributed by atoms with Crippen LogP contribution in [0.15, 0.2) is 55.1 Å². The summed E-state index contributed by atoms with van der Waals surface area (Å²) < 4.78 is 5.97. The van der Waals surface area contributed by atoms with Gasteiger partial charge in [0, 0.05) is 43.4 Å². The highest BCUT2D eigenvalue weighted by Gasteiger charge is 2.26. The number of anilines is 1. The Hall–Kier alpha value is -3.80. The van der Waals surface area contributed by atoms with Gasteiger partial charge in [-0.05, 0) is 74.1 Å². The number of aryl methyl sites for hydroxylation is 1. The summed E-state index contributed by atoms with van der Waals surface area (Å²) in [6.07, 6.45) is 16.7. The second kappa shape index (κ2) is 15.8. The van der Waals surface area contributed by atoms with Gasteiger partial charge in [-0.2, -0.15) is 9.97 Å². The number of rotatable bonds is 16. The molecule has 0 amide bonds. The molecule has 1 heterocycles. The van der Waals surface area contributed by atoms with E-state index in [4.69, 9.17) is 14.7 Å². The Morgan fingerprint density at radius 3 is 2.63 bits per heavy atom. The number of aliphatic imine (C=N–C) groups is 1. The Morgan fingerprint density at radius 1 is 1.17 bits per heavy atom. The molecule has 0 radical (unpaired) electrons. The maximum Gasteiger partial charge on any atom is 0.318 e. The molecule has 0 saturated heterocycles. The molecule has 6 nitrogen and oxygen atoms in total. The van der Waals surface area contributed by atoms with Crippen molar-refractivity contribution in [2.24, 2.45) is 16.8 Å². The number of nitrogens with zero attached hydrogens (tertiary/aromatic N) is 4. The van der Waals surface area contributed by atoms with Gasteiger partial charge in [0.1, 0.15) is 5.82 Å². The third-order valence-electron chi connectivity index (χ3n) is 7.61. The smallest absolute Gasteiger partial charge is 0.318 e. The Morgan fingerprint density at radius 2 is 1.98 bits per heavy atom. The van der Waals surface area contributed by atoms with Crippen LogP contribution in [0, 0.1) is 18.8 Å². The summed E-state index contributed by atoms with van der Waals surface area (Å²) in [6.45, 7) is 20.0. The minimum atomic E-state index is -0.249. The molecule has 41 heavy (non-hydrogen) atoms. The molecule has 0 spiro atoms. The van der Waals surface area contributed by atoms with Gasteiger partial charge >= 0.3 is 6.01 Å². The Balaban J connectivity index is 1.94. The fourth-order valence-electron chi connectivity index (χ4n) is 5.37. The van der Waals surface area contributed by atoms with Crippen LogP contribution < -0.4 is 9.64 Å². The van der Waals surface area contributed by atoms with Crippen molar-refractivity contribution >= 4 is 30.0 Å². The molecule has 2 aromatic rings. The van der Waals surface area contributed by atoms with Crippen molar-refractivity contribution in [1.29, 1.82) is 0 Å². The summed E-state index contributed by atoms with van der Waals surface area (Å²) >= 11 is 0. The first-order chi connectivity index (χ1) is 19.9. The first-order valence-electron chi connectivity index (χ1n) is 14.8. The maximum absolute atomic E-state index is 12.3. The lowest BCUT2D eigenvalue weighted by molar-refractivity contribution is -0.117. The van der Waals surface area contributed by atoms with E-state index in [0.717, 1.165) is 61.3 Å². The van der Waals surface area contributed by atoms with Gasteiger partial charge in [-0.25, -0.2) is 0 Å². The van der Waals surface area contributed by atoms with E-state index in [1.807, 2.05) is 12.3 Å². The molecule has 0 N–H and O–H groups in total. The van der Waals surface area contributed by atoms with Crippen LogP contribution in [0.3, 0.4) is 0 Å². The van der Waals surface area contributed by atoms with Crippen molar-refractivity contribution in [1.82, 2.24) is 9.97 Å². The molecule has 1 aromatic heterocycles. The Kier molecular flexibility index (Phi) is 12.3. The number of hydrogen-bond acceptors (Lipinski definition) is 6. The highest BCUT2D eigenvalue weighted by molar-refractivity contribution is 5.92. The average Bonchev–Trinajstić information content (AvgIpc) is 2.99. The van der Waals surface area contributed by atoms with Gasteiger partial charge in [0.25, 0.3) is 0 Å². The van der Waals surface area contributed by atoms with Crippen molar-refractivity contribution in [2.75, 3.05) is 31.6 Å². The molecule has 218 valence electrons. The lowest BCUT2D eigenvalue weighted by Gasteiger charge is -2.30. The molecule has 0 fully saturated rings. The molecule has 0 bridgehead atoms. The Labute approximate surface area is 246 Å². The predicted octanol–water partition coefficient (Wildman–Crippen LogP) is 7.25. The topological polar surface area (TPSA) is 67.7 Å². The summed E-state index contributed by atoms with van der Waals surface area (Å²) in [4.78, 5) is 28.7. The fraction of sp³-hybridized carbons (Fsp3) is 0.429. The number of allylic oxidation sites excluding steroid dienone is 3. The van der Waals surface area contributed by atoms with E-state index in [2.05, 4.69) is 74.7 Å². The minimum absolute atomic E-state index is 0.00462.